The molecule has 736 valence electrons. The highest BCUT2D eigenvalue weighted by molar-refractivity contribution is 6.33. The Bertz CT molecular complexity index is 6730. The molecule has 47 nitrogen and oxygen atoms in total. The number of nitrogens with zero attached hydrogens (tertiary/aromatic N) is 27. The van der Waals surface area contributed by atoms with Crippen LogP contribution in [-0.2, 0) is 38.0 Å². The van der Waals surface area contributed by atoms with Crippen LogP contribution >= 0.6 is 11.6 Å². The van der Waals surface area contributed by atoms with Crippen LogP contribution in [0.15, 0.2) is 153 Å². The van der Waals surface area contributed by atoms with E-state index in [0.717, 1.165) is 96.8 Å². The van der Waals surface area contributed by atoms with Gasteiger partial charge in [0.25, 0.3) is 0 Å². The summed E-state index contributed by atoms with van der Waals surface area (Å²) in [6, 6.07) is 34.6. The number of hydrogen-bond acceptors (Lipinski definition) is 45. The van der Waals surface area contributed by atoms with E-state index in [4.69, 9.17) is 118 Å². The molecule has 48 heteroatoms. The second-order valence-electron chi connectivity index (χ2n) is 32.8. The number of ether oxygens (including phenoxy) is 10. The Kier molecular flexibility index (Phi) is 32.1. The molecule has 7 saturated heterocycles. The molecule has 14 aromatic rings. The van der Waals surface area contributed by atoms with Crippen molar-refractivity contribution in [1.82, 2.24) is 100 Å². The molecular weight excluding hydrogens is 1860 g/mol. The topological polar surface area (TPSA) is 625 Å². The summed E-state index contributed by atoms with van der Waals surface area (Å²) >= 11 is 6.38. The number of carboxylic acid groups (broad SMARTS) is 1. The van der Waals surface area contributed by atoms with Crippen molar-refractivity contribution in [2.45, 2.75) is 25.0 Å². The van der Waals surface area contributed by atoms with Crippen molar-refractivity contribution in [3.63, 3.8) is 0 Å². The molecule has 0 amide bonds. The van der Waals surface area contributed by atoms with Crippen LogP contribution in [0, 0.1) is 22.7 Å². The first-order chi connectivity index (χ1) is 69.8. The van der Waals surface area contributed by atoms with E-state index in [-0.39, 0.29) is 24.3 Å². The lowest BCUT2D eigenvalue weighted by atomic mass is 10.0. The molecule has 13 aromatic heterocycles. The summed E-state index contributed by atoms with van der Waals surface area (Å²) in [7, 11) is 3.22. The van der Waals surface area contributed by atoms with E-state index in [1.54, 1.807) is 87.8 Å². The number of nitrogens with two attached hydrogens (primary N) is 6. The van der Waals surface area contributed by atoms with E-state index in [9.17, 15) is 20.4 Å². The lowest BCUT2D eigenvalue weighted by Gasteiger charge is -2.33. The minimum atomic E-state index is -0.977. The average Bonchev–Trinajstić information content (AvgIpc) is 1.50. The number of fused-ring (bicyclic) bond motifs is 1. The van der Waals surface area contributed by atoms with Gasteiger partial charge in [-0.25, -0.2) is 69.6 Å². The number of anilines is 14. The molecule has 1 aromatic carbocycles. The van der Waals surface area contributed by atoms with E-state index >= 15 is 0 Å². The zero-order chi connectivity index (χ0) is 99.1. The number of nitriles is 2. The zero-order valence-corrected chi connectivity index (χ0v) is 78.8. The fourth-order valence-electron chi connectivity index (χ4n) is 15.7. The molecule has 0 radical (unpaired) electrons. The fraction of sp³-hybridized carbons (Fsp3) is 0.326. The van der Waals surface area contributed by atoms with Gasteiger partial charge in [-0.1, -0.05) is 11.6 Å². The summed E-state index contributed by atoms with van der Waals surface area (Å²) in [5, 5.41) is 43.8. The van der Waals surface area contributed by atoms with Crippen LogP contribution in [0.5, 0.6) is 17.4 Å². The first-order valence-electron chi connectivity index (χ1n) is 45.8. The van der Waals surface area contributed by atoms with Gasteiger partial charge in [-0.15, -0.1) is 0 Å². The summed E-state index contributed by atoms with van der Waals surface area (Å²) in [5.74, 6) is 7.28. The Labute approximate surface area is 824 Å². The molecule has 1 atom stereocenters. The molecule has 0 saturated carbocycles. The maximum Gasteiger partial charge on any atom is 0.334 e. The number of morpholine rings is 6. The Morgan fingerprint density at radius 3 is 1.31 bits per heavy atom. The molecular formula is C95H102ClN35O12. The monoisotopic (exact) mass is 1960 g/mol. The summed E-state index contributed by atoms with van der Waals surface area (Å²) in [4.78, 5) is 100.0. The number of halogens is 1. The number of benzene rings is 1. The lowest BCUT2D eigenvalue weighted by Crippen LogP contribution is -2.46. The summed E-state index contributed by atoms with van der Waals surface area (Å²) in [6.45, 7) is 15.8. The molecule has 0 spiro atoms. The summed E-state index contributed by atoms with van der Waals surface area (Å²) < 4.78 is 54.8. The maximum atomic E-state index is 11.3. The van der Waals surface area contributed by atoms with E-state index in [1.165, 1.54) is 24.5 Å². The van der Waals surface area contributed by atoms with Gasteiger partial charge >= 0.3 is 5.97 Å². The number of aromatic amines is 1. The normalized spacial score (nSPS) is 16.0. The number of nitrogen functional groups attached to an aromatic ring is 6. The van der Waals surface area contributed by atoms with E-state index in [0.29, 0.717) is 268 Å². The first kappa shape index (κ1) is 98.0. The quantitative estimate of drug-likeness (QED) is 0.0352. The summed E-state index contributed by atoms with van der Waals surface area (Å²) in [5.41, 5.74) is 46.1. The number of H-pyrrole nitrogens is 1. The average molecular weight is 1960 g/mol. The van der Waals surface area contributed by atoms with Crippen LogP contribution in [0.1, 0.15) is 24.0 Å². The first-order valence-corrected chi connectivity index (χ1v) is 46.1. The molecule has 7 aliphatic rings. The molecule has 20 heterocycles. The molecule has 1 unspecified atom stereocenters. The van der Waals surface area contributed by atoms with Gasteiger partial charge in [0.2, 0.25) is 35.6 Å². The molecule has 7 fully saturated rings. The van der Waals surface area contributed by atoms with Gasteiger partial charge in [0.1, 0.15) is 70.5 Å². The van der Waals surface area contributed by atoms with Gasteiger partial charge in [-0.3, -0.25) is 4.98 Å². The van der Waals surface area contributed by atoms with E-state index < -0.39 is 12.1 Å². The van der Waals surface area contributed by atoms with E-state index in [2.05, 4.69) is 112 Å². The van der Waals surface area contributed by atoms with Gasteiger partial charge < -0.3 is 122 Å². The van der Waals surface area contributed by atoms with Crippen molar-refractivity contribution in [2.75, 3.05) is 248 Å². The number of nitrogens with one attached hydrogen (secondary N) is 2. The van der Waals surface area contributed by atoms with Gasteiger partial charge in [-0.2, -0.15) is 40.9 Å². The van der Waals surface area contributed by atoms with Crippen LogP contribution in [0.3, 0.4) is 0 Å². The van der Waals surface area contributed by atoms with Crippen molar-refractivity contribution < 1.29 is 57.3 Å². The molecule has 15 N–H and O–H groups in total. The van der Waals surface area contributed by atoms with Gasteiger partial charge in [0.05, 0.1) is 186 Å². The van der Waals surface area contributed by atoms with Crippen molar-refractivity contribution in [1.29, 1.82) is 10.5 Å². The van der Waals surface area contributed by atoms with Gasteiger partial charge in [0, 0.05) is 185 Å². The Morgan fingerprint density at radius 1 is 0.420 bits per heavy atom. The highest BCUT2D eigenvalue weighted by atomic mass is 35.5. The number of pyridine rings is 7. The maximum absolute atomic E-state index is 11.3. The molecule has 7 aliphatic heterocycles. The third-order valence-corrected chi connectivity index (χ3v) is 23.6. The van der Waals surface area contributed by atoms with Crippen LogP contribution < -0.4 is 83.3 Å². The molecule has 0 aliphatic carbocycles. The molecule has 0 bridgehead atoms. The number of carboxylic acids is 1. The fourth-order valence-corrected chi connectivity index (χ4v) is 16.0. The number of carbonyl (C=O) groups is 1. The summed E-state index contributed by atoms with van der Waals surface area (Å²) in [6.07, 6.45) is 14.0. The minimum Gasteiger partial charge on any atom is -0.493 e. The zero-order valence-electron chi connectivity index (χ0n) is 78.0. The number of aromatic nitrogens is 20. The number of methoxy groups -OCH3 is 2. The Hall–Kier alpha value is -16.7. The lowest BCUT2D eigenvalue weighted by molar-refractivity contribution is -0.150. The number of hydrogen-bond donors (Lipinski definition) is 9. The highest BCUT2D eigenvalue weighted by Gasteiger charge is 2.31. The minimum absolute atomic E-state index is 0.0825. The van der Waals surface area contributed by atoms with Gasteiger partial charge in [0.15, 0.2) is 17.6 Å². The van der Waals surface area contributed by atoms with Crippen molar-refractivity contribution in [2.24, 2.45) is 0 Å². The van der Waals surface area contributed by atoms with Crippen molar-refractivity contribution in [3.05, 3.63) is 169 Å². The van der Waals surface area contributed by atoms with Crippen LogP contribution in [0.2, 0.25) is 5.02 Å². The van der Waals surface area contributed by atoms with Gasteiger partial charge in [-0.05, 0) is 78.9 Å². The predicted octanol–water partition coefficient (Wildman–Crippen LogP) is 7.77. The number of rotatable bonds is 20. The predicted molar refractivity (Wildman–Crippen MR) is 533 cm³/mol. The van der Waals surface area contributed by atoms with Crippen molar-refractivity contribution >= 4 is 110 Å². The second-order valence-corrected chi connectivity index (χ2v) is 33.2. The number of aliphatic carboxylic acids is 1. The highest BCUT2D eigenvalue weighted by Crippen LogP contribution is 2.38. The Balaban J connectivity index is 0.000000123. The Morgan fingerprint density at radius 2 is 0.839 bits per heavy atom. The van der Waals surface area contributed by atoms with Crippen LogP contribution in [-0.4, -0.2) is 302 Å². The van der Waals surface area contributed by atoms with Crippen LogP contribution in [0.4, 0.5) is 82.0 Å². The third kappa shape index (κ3) is 25.3. The largest absolute Gasteiger partial charge is 0.493 e. The van der Waals surface area contributed by atoms with Crippen LogP contribution in [0.25, 0.3) is 89.8 Å². The standard InChI is InChI=1S/C24H25N7O3.C20H17N9O.C18H22ClN5O3.C18H22N6O4.C15H16N8O/c1-32-20-10-16-9-17(14-26-18(16)11-21(20)33-2)28-23-12-19(15-3-4-22(25)27-13-15)29-24(30-23)31-5-7-34-8-6-31;21-8-12-5-18(23)25-10-14(12)16-7-17(15-11-26-19(24)6-13(15)9-22)28-20(27-16)29-1-3-30-4-2-29;19-14-9-16(20)21-11-13(14)15-10-17(27-12-1-5-25-6-2-12)23-18(22-15)24-3-7-26-8-4-24;19-15-2-1-12(10-20-15)13-9-16(24-5-8-28-14(11-24)17(25)26)22-18(21-13)23-3-6-27-7-4-23;16-14-2-1-10(8-17-14)11-7-12(13-9-18-22-21-13)20-15(19-11)23-3-5-24-6-4-23/h3-4,9-14H,5-8H2,1-2H3,(H2,25,27)(H,28,29,30);5-7,10-11H,1-4H2,(H2,23,25)(H2,24,26);9-12H,1-8H2,(H2,20,21);1-2,9-10,14H,3-8,11H2,(H2,19,20)(H,25,26);1-2,7-9H,3-6H2,(H2,16,17)(H,18,21,22). The smallest absolute Gasteiger partial charge is 0.334 e. The van der Waals surface area contributed by atoms with E-state index in [1.807, 2.05) is 64.4 Å². The van der Waals surface area contributed by atoms with Crippen molar-refractivity contribution in [3.8, 4) is 108 Å². The molecule has 143 heavy (non-hydrogen) atoms. The second kappa shape index (κ2) is 46.9. The molecule has 21 rings (SSSR count). The SMILES string of the molecule is COc1cc2cc(Nc3cc(-c4ccc(N)nc4)nc(N4CCOCC4)n3)cnc2cc1OC.N#Cc1cc(N)ncc1-c1cc(-c2cnc(N)cc2C#N)nc(N2CCOCC2)n1.Nc1cc(Cl)c(-c2cc(OC3CCOCC3)nc(N3CCOCC3)n2)cn1.Nc1ccc(-c2cc(-c3cn[nH]n3)nc(N3CCOCC3)n2)cn1.Nc1ccc(-c2cc(N3CCOC(C(=O)O)C3)nc(N3CCOCC3)n2)cn1. The third-order valence-electron chi connectivity index (χ3n) is 23.3.